The Hall–Kier alpha value is -3.51. The molecule has 0 unspecified atom stereocenters. The first-order valence-corrected chi connectivity index (χ1v) is 11.3. The predicted octanol–water partition coefficient (Wildman–Crippen LogP) is 5.45. The molecule has 5 rings (SSSR count). The number of hydrogen-bond donors (Lipinski definition) is 0. The highest BCUT2D eigenvalue weighted by molar-refractivity contribution is 9.10. The molecule has 1 amide bonds. The van der Waals surface area contributed by atoms with Crippen molar-refractivity contribution in [3.63, 3.8) is 0 Å². The van der Waals surface area contributed by atoms with Crippen LogP contribution >= 0.6 is 15.9 Å². The third kappa shape index (κ3) is 3.37. The molecule has 2 heterocycles. The lowest BCUT2D eigenvalue weighted by molar-refractivity contribution is -0.113. The molecule has 6 heteroatoms. The van der Waals surface area contributed by atoms with Crippen LogP contribution in [0.2, 0.25) is 0 Å². The minimum Gasteiger partial charge on any atom is -0.308 e. The summed E-state index contributed by atoms with van der Waals surface area (Å²) in [7, 11) is 0. The average Bonchev–Trinajstić information content (AvgIpc) is 3.07. The van der Waals surface area contributed by atoms with Gasteiger partial charge in [-0.25, -0.2) is 4.98 Å². The molecule has 1 aliphatic rings. The molecule has 4 aromatic rings. The Balaban J connectivity index is 1.78. The zero-order valence-corrected chi connectivity index (χ0v) is 19.0. The number of carbonyl (C=O) groups is 1. The zero-order chi connectivity index (χ0) is 22.2. The van der Waals surface area contributed by atoms with E-state index in [2.05, 4.69) is 15.9 Å². The molecule has 0 atom stereocenters. The van der Waals surface area contributed by atoms with Crippen molar-refractivity contribution in [2.45, 2.75) is 13.3 Å². The highest BCUT2D eigenvalue weighted by Crippen LogP contribution is 2.37. The number of halogens is 1. The molecule has 32 heavy (non-hydrogen) atoms. The quantitative estimate of drug-likeness (QED) is 0.361. The molecular formula is C26H20BrN3O2. The molecular weight excluding hydrogens is 466 g/mol. The number of rotatable bonds is 4. The molecule has 5 nitrogen and oxygen atoms in total. The third-order valence-corrected chi connectivity index (χ3v) is 6.10. The maximum atomic E-state index is 13.5. The molecule has 1 aliphatic heterocycles. The number of nitrogens with zero attached hydrogens (tertiary/aromatic N) is 3. The van der Waals surface area contributed by atoms with Crippen LogP contribution in [0.5, 0.6) is 0 Å². The molecule has 0 fully saturated rings. The van der Waals surface area contributed by atoms with Gasteiger partial charge in [0.2, 0.25) is 0 Å². The monoisotopic (exact) mass is 485 g/mol. The normalized spacial score (nSPS) is 14.4. The standard InChI is InChI=1S/C26H20BrN3O2/c1-2-15-29-23-10-6-4-7-19(23)21(25(29)31)16-24-28-22-9-5-3-8-20(22)26(32)30(24)18-13-11-17(27)12-14-18/h3-14,16H,2,15H2,1H3/b21-16+. The molecule has 1 aromatic heterocycles. The van der Waals surface area contributed by atoms with Crippen LogP contribution in [0.1, 0.15) is 24.7 Å². The van der Waals surface area contributed by atoms with Gasteiger partial charge < -0.3 is 4.90 Å². The summed E-state index contributed by atoms with van der Waals surface area (Å²) in [5.74, 6) is 0.352. The van der Waals surface area contributed by atoms with E-state index in [1.165, 1.54) is 0 Å². The summed E-state index contributed by atoms with van der Waals surface area (Å²) in [5.41, 5.74) is 3.41. The Bertz CT molecular complexity index is 1440. The molecule has 0 radical (unpaired) electrons. The first-order chi connectivity index (χ1) is 15.6. The van der Waals surface area contributed by atoms with Crippen molar-refractivity contribution in [2.24, 2.45) is 0 Å². The zero-order valence-electron chi connectivity index (χ0n) is 17.5. The molecule has 0 bridgehead atoms. The fourth-order valence-corrected chi connectivity index (χ4v) is 4.37. The number of para-hydroxylation sites is 2. The van der Waals surface area contributed by atoms with Crippen LogP contribution < -0.4 is 10.5 Å². The number of amides is 1. The fraction of sp³-hybridized carbons (Fsp3) is 0.115. The smallest absolute Gasteiger partial charge is 0.266 e. The van der Waals surface area contributed by atoms with Crippen LogP contribution in [-0.2, 0) is 4.79 Å². The van der Waals surface area contributed by atoms with Crippen LogP contribution in [0.25, 0.3) is 28.2 Å². The topological polar surface area (TPSA) is 55.2 Å². The maximum absolute atomic E-state index is 13.5. The van der Waals surface area contributed by atoms with Crippen LogP contribution in [0.4, 0.5) is 5.69 Å². The largest absolute Gasteiger partial charge is 0.308 e. The van der Waals surface area contributed by atoms with Crippen LogP contribution in [0.3, 0.4) is 0 Å². The summed E-state index contributed by atoms with van der Waals surface area (Å²) in [4.78, 5) is 33.4. The number of aromatic nitrogens is 2. The van der Waals surface area contributed by atoms with Gasteiger partial charge in [-0.1, -0.05) is 53.2 Å². The highest BCUT2D eigenvalue weighted by Gasteiger charge is 2.31. The lowest BCUT2D eigenvalue weighted by atomic mass is 10.1. The van der Waals surface area contributed by atoms with E-state index < -0.39 is 0 Å². The van der Waals surface area contributed by atoms with Gasteiger partial charge in [-0.05, 0) is 55.0 Å². The van der Waals surface area contributed by atoms with Crippen molar-refractivity contribution in [1.82, 2.24) is 9.55 Å². The molecule has 0 saturated carbocycles. The van der Waals surface area contributed by atoms with E-state index in [4.69, 9.17) is 4.98 Å². The molecule has 0 saturated heterocycles. The summed E-state index contributed by atoms with van der Waals surface area (Å²) >= 11 is 3.45. The van der Waals surface area contributed by atoms with Gasteiger partial charge in [-0.15, -0.1) is 0 Å². The summed E-state index contributed by atoms with van der Waals surface area (Å²) < 4.78 is 2.48. The van der Waals surface area contributed by atoms with E-state index in [9.17, 15) is 9.59 Å². The Morgan fingerprint density at radius 1 is 0.938 bits per heavy atom. The van der Waals surface area contributed by atoms with Crippen LogP contribution in [0, 0.1) is 0 Å². The van der Waals surface area contributed by atoms with Gasteiger partial charge in [0, 0.05) is 16.6 Å². The minimum absolute atomic E-state index is 0.0715. The van der Waals surface area contributed by atoms with Crippen molar-refractivity contribution in [3.05, 3.63) is 99.0 Å². The lowest BCUT2D eigenvalue weighted by Crippen LogP contribution is -2.27. The number of benzene rings is 3. The second-order valence-electron chi connectivity index (χ2n) is 7.64. The Labute approximate surface area is 193 Å². The van der Waals surface area contributed by atoms with Crippen molar-refractivity contribution in [3.8, 4) is 5.69 Å². The second-order valence-corrected chi connectivity index (χ2v) is 8.55. The lowest BCUT2D eigenvalue weighted by Gasteiger charge is -2.15. The maximum Gasteiger partial charge on any atom is 0.266 e. The van der Waals surface area contributed by atoms with E-state index in [-0.39, 0.29) is 11.5 Å². The fourth-order valence-electron chi connectivity index (χ4n) is 4.11. The Kier molecular flexibility index (Phi) is 5.23. The van der Waals surface area contributed by atoms with Crippen molar-refractivity contribution < 1.29 is 4.79 Å². The van der Waals surface area contributed by atoms with Gasteiger partial charge in [0.05, 0.1) is 27.9 Å². The third-order valence-electron chi connectivity index (χ3n) is 5.57. The number of fused-ring (bicyclic) bond motifs is 2. The van der Waals surface area contributed by atoms with E-state index >= 15 is 0 Å². The highest BCUT2D eigenvalue weighted by atomic mass is 79.9. The van der Waals surface area contributed by atoms with Gasteiger partial charge in [-0.2, -0.15) is 0 Å². The Morgan fingerprint density at radius 2 is 1.66 bits per heavy atom. The van der Waals surface area contributed by atoms with Gasteiger partial charge >= 0.3 is 0 Å². The Morgan fingerprint density at radius 3 is 2.44 bits per heavy atom. The van der Waals surface area contributed by atoms with Crippen LogP contribution in [-0.4, -0.2) is 22.0 Å². The molecule has 0 N–H and O–H groups in total. The molecule has 158 valence electrons. The van der Waals surface area contributed by atoms with Crippen molar-refractivity contribution >= 4 is 50.1 Å². The first-order valence-electron chi connectivity index (χ1n) is 10.5. The van der Waals surface area contributed by atoms with E-state index in [1.807, 2.05) is 73.7 Å². The average molecular weight is 486 g/mol. The minimum atomic E-state index is -0.172. The van der Waals surface area contributed by atoms with Gasteiger partial charge in [0.25, 0.3) is 11.5 Å². The van der Waals surface area contributed by atoms with Crippen LogP contribution in [0.15, 0.2) is 82.1 Å². The summed E-state index contributed by atoms with van der Waals surface area (Å²) in [6, 6.07) is 22.5. The molecule has 0 aliphatic carbocycles. The summed E-state index contributed by atoms with van der Waals surface area (Å²) in [6.45, 7) is 2.69. The summed E-state index contributed by atoms with van der Waals surface area (Å²) in [5, 5.41) is 0.531. The first kappa shape index (κ1) is 20.4. The predicted molar refractivity (Wildman–Crippen MR) is 132 cm³/mol. The van der Waals surface area contributed by atoms with E-state index in [0.29, 0.717) is 34.5 Å². The van der Waals surface area contributed by atoms with Gasteiger partial charge in [0.15, 0.2) is 0 Å². The van der Waals surface area contributed by atoms with Gasteiger partial charge in [-0.3, -0.25) is 14.2 Å². The summed E-state index contributed by atoms with van der Waals surface area (Å²) in [6.07, 6.45) is 2.60. The van der Waals surface area contributed by atoms with Crippen molar-refractivity contribution in [2.75, 3.05) is 11.4 Å². The second kappa shape index (κ2) is 8.20. The molecule has 3 aromatic carbocycles. The van der Waals surface area contributed by atoms with E-state index in [1.54, 1.807) is 21.6 Å². The number of hydrogen-bond acceptors (Lipinski definition) is 3. The number of anilines is 1. The number of carbonyl (C=O) groups excluding carboxylic acids is 1. The molecule has 0 spiro atoms. The van der Waals surface area contributed by atoms with Gasteiger partial charge in [0.1, 0.15) is 5.82 Å². The van der Waals surface area contributed by atoms with Crippen molar-refractivity contribution in [1.29, 1.82) is 0 Å². The van der Waals surface area contributed by atoms with E-state index in [0.717, 1.165) is 22.1 Å². The SMILES string of the molecule is CCCN1C(=O)/C(=C/c2nc3ccccc3c(=O)n2-c2ccc(Br)cc2)c2ccccc21.